The number of nitrogen functional groups attached to an aromatic ring is 1. The van der Waals surface area contributed by atoms with Crippen LogP contribution in [0.3, 0.4) is 0 Å². The second kappa shape index (κ2) is 5.70. The van der Waals surface area contributed by atoms with Gasteiger partial charge in [-0.2, -0.15) is 18.3 Å². The quantitative estimate of drug-likeness (QED) is 0.870. The van der Waals surface area contributed by atoms with Crippen molar-refractivity contribution in [3.8, 4) is 11.3 Å². The van der Waals surface area contributed by atoms with Gasteiger partial charge in [-0.15, -0.1) is 0 Å². The Bertz CT molecular complexity index is 845. The zero-order valence-electron chi connectivity index (χ0n) is 14.5. The summed E-state index contributed by atoms with van der Waals surface area (Å²) in [6.45, 7) is 3.97. The molecule has 0 amide bonds. The molecule has 2 saturated carbocycles. The van der Waals surface area contributed by atoms with Gasteiger partial charge in [0.15, 0.2) is 0 Å². The molecular weight excluding hydrogens is 345 g/mol. The van der Waals surface area contributed by atoms with E-state index < -0.39 is 17.6 Å². The number of hydrogen-bond donors (Lipinski definition) is 2. The van der Waals surface area contributed by atoms with E-state index in [0.29, 0.717) is 17.2 Å². The number of aliphatic hydroxyl groups excluding tert-OH is 1. The van der Waals surface area contributed by atoms with E-state index in [1.165, 1.54) is 6.20 Å². The Morgan fingerprint density at radius 1 is 1.27 bits per heavy atom. The number of hydrogen-bond acceptors (Lipinski definition) is 4. The second-order valence-electron chi connectivity index (χ2n) is 7.56. The lowest BCUT2D eigenvalue weighted by Gasteiger charge is -2.13. The molecule has 8 heteroatoms. The standard InChI is InChI=1S/C18H21F3N4O/c1-8(2)25-13(15-10-3-4-14(26)16(10)15)6-12(24-25)9-5-11(18(19,20)21)17(22)23-7-9/h5-8,10,14-16,26H,3-4H2,1-2H3,(H2,22,23)/t10-,14+,15+,16+/m1/s1. The number of halogens is 3. The zero-order valence-corrected chi connectivity index (χ0v) is 14.5. The van der Waals surface area contributed by atoms with Crippen molar-refractivity contribution < 1.29 is 18.3 Å². The first kappa shape index (κ1) is 17.3. The predicted octanol–water partition coefficient (Wildman–Crippen LogP) is 3.61. The van der Waals surface area contributed by atoms with Crippen molar-refractivity contribution in [2.45, 2.75) is 50.9 Å². The van der Waals surface area contributed by atoms with Crippen LogP contribution in [0.4, 0.5) is 19.0 Å². The van der Waals surface area contributed by atoms with E-state index in [1.54, 1.807) is 0 Å². The Kier molecular flexibility index (Phi) is 3.80. The third-order valence-corrected chi connectivity index (χ3v) is 5.58. The molecule has 0 aromatic carbocycles. The highest BCUT2D eigenvalue weighted by Crippen LogP contribution is 2.63. The molecule has 0 radical (unpaired) electrons. The first-order valence-electron chi connectivity index (χ1n) is 8.79. The molecule has 0 unspecified atom stereocenters. The van der Waals surface area contributed by atoms with Gasteiger partial charge in [0.25, 0.3) is 0 Å². The topological polar surface area (TPSA) is 77.0 Å². The summed E-state index contributed by atoms with van der Waals surface area (Å²) in [6.07, 6.45) is -1.72. The summed E-state index contributed by atoms with van der Waals surface area (Å²) >= 11 is 0. The third kappa shape index (κ3) is 2.67. The van der Waals surface area contributed by atoms with Crippen LogP contribution in [0.25, 0.3) is 11.3 Å². The molecule has 0 aliphatic heterocycles. The van der Waals surface area contributed by atoms with Gasteiger partial charge >= 0.3 is 6.18 Å². The lowest BCUT2D eigenvalue weighted by Crippen LogP contribution is -2.12. The van der Waals surface area contributed by atoms with E-state index in [4.69, 9.17) is 5.73 Å². The normalized spacial score (nSPS) is 27.8. The van der Waals surface area contributed by atoms with Crippen molar-refractivity contribution >= 4 is 5.82 Å². The van der Waals surface area contributed by atoms with Gasteiger partial charge in [-0.1, -0.05) is 0 Å². The van der Waals surface area contributed by atoms with Gasteiger partial charge in [0.05, 0.1) is 17.4 Å². The van der Waals surface area contributed by atoms with Gasteiger partial charge < -0.3 is 10.8 Å². The number of anilines is 1. The van der Waals surface area contributed by atoms with E-state index >= 15 is 0 Å². The molecular formula is C18H21F3N4O. The summed E-state index contributed by atoms with van der Waals surface area (Å²) in [6, 6.07) is 2.91. The van der Waals surface area contributed by atoms with Crippen LogP contribution >= 0.6 is 0 Å². The number of aliphatic hydroxyl groups is 1. The van der Waals surface area contributed by atoms with Gasteiger partial charge in [0.2, 0.25) is 0 Å². The number of fused-ring (bicyclic) bond motifs is 1. The molecule has 140 valence electrons. The Morgan fingerprint density at radius 2 is 2.00 bits per heavy atom. The Hall–Kier alpha value is -2.09. The van der Waals surface area contributed by atoms with Crippen LogP contribution in [-0.2, 0) is 6.18 Å². The number of alkyl halides is 3. The molecule has 4 rings (SSSR count). The molecule has 2 aromatic rings. The summed E-state index contributed by atoms with van der Waals surface area (Å²) in [7, 11) is 0. The van der Waals surface area contributed by atoms with Crippen LogP contribution in [0.5, 0.6) is 0 Å². The average molecular weight is 366 g/mol. The fourth-order valence-electron chi connectivity index (χ4n) is 4.32. The highest BCUT2D eigenvalue weighted by molar-refractivity contribution is 5.63. The number of aromatic nitrogens is 3. The van der Waals surface area contributed by atoms with Crippen molar-refractivity contribution in [3.05, 3.63) is 29.6 Å². The maximum Gasteiger partial charge on any atom is 0.419 e. The monoisotopic (exact) mass is 366 g/mol. The molecule has 4 atom stereocenters. The molecule has 0 saturated heterocycles. The minimum atomic E-state index is -4.56. The number of nitrogens with zero attached hydrogens (tertiary/aromatic N) is 3. The lowest BCUT2D eigenvalue weighted by molar-refractivity contribution is -0.137. The van der Waals surface area contributed by atoms with Gasteiger partial charge in [-0.3, -0.25) is 4.68 Å². The summed E-state index contributed by atoms with van der Waals surface area (Å²) < 4.78 is 41.2. The summed E-state index contributed by atoms with van der Waals surface area (Å²) in [5.41, 5.74) is 6.16. The van der Waals surface area contributed by atoms with Crippen LogP contribution in [0.2, 0.25) is 0 Å². The number of nitrogens with two attached hydrogens (primary N) is 1. The molecule has 2 fully saturated rings. The fourth-order valence-corrected chi connectivity index (χ4v) is 4.32. The highest BCUT2D eigenvalue weighted by Gasteiger charge is 2.59. The zero-order chi connectivity index (χ0) is 18.8. The smallest absolute Gasteiger partial charge is 0.393 e. The van der Waals surface area contributed by atoms with Crippen LogP contribution in [0.1, 0.15) is 49.9 Å². The van der Waals surface area contributed by atoms with Crippen LogP contribution in [-0.4, -0.2) is 26.0 Å². The summed E-state index contributed by atoms with van der Waals surface area (Å²) in [5, 5.41) is 14.6. The molecule has 26 heavy (non-hydrogen) atoms. The van der Waals surface area contributed by atoms with Crippen molar-refractivity contribution in [2.24, 2.45) is 11.8 Å². The van der Waals surface area contributed by atoms with E-state index in [1.807, 2.05) is 24.6 Å². The van der Waals surface area contributed by atoms with E-state index in [0.717, 1.165) is 24.6 Å². The molecule has 2 aliphatic rings. The lowest BCUT2D eigenvalue weighted by atomic mass is 10.0. The van der Waals surface area contributed by atoms with Crippen LogP contribution in [0, 0.1) is 11.8 Å². The molecule has 2 aliphatic carbocycles. The number of rotatable bonds is 3. The minimum absolute atomic E-state index is 0.0704. The molecule has 2 aromatic heterocycles. The van der Waals surface area contributed by atoms with Gasteiger partial charge in [-0.25, -0.2) is 4.98 Å². The molecule has 5 nitrogen and oxygen atoms in total. The van der Waals surface area contributed by atoms with Gasteiger partial charge in [-0.05, 0) is 50.7 Å². The average Bonchev–Trinajstić information content (AvgIpc) is 2.90. The molecule has 2 heterocycles. The predicted molar refractivity (Wildman–Crippen MR) is 90.2 cm³/mol. The fraction of sp³-hybridized carbons (Fsp3) is 0.556. The van der Waals surface area contributed by atoms with Crippen molar-refractivity contribution in [2.75, 3.05) is 5.73 Å². The summed E-state index contributed by atoms with van der Waals surface area (Å²) in [5.74, 6) is 0.380. The molecule has 0 bridgehead atoms. The maximum atomic E-state index is 13.1. The first-order valence-corrected chi connectivity index (χ1v) is 8.79. The first-order chi connectivity index (χ1) is 12.2. The van der Waals surface area contributed by atoms with E-state index in [9.17, 15) is 18.3 Å². The van der Waals surface area contributed by atoms with E-state index in [-0.39, 0.29) is 24.0 Å². The maximum absolute atomic E-state index is 13.1. The highest BCUT2D eigenvalue weighted by atomic mass is 19.4. The Balaban J connectivity index is 1.74. The SMILES string of the molecule is CC(C)n1nc(-c2cnc(N)c(C(F)(F)F)c2)cc1[C@@H]1[C@H]2CC[C@H](O)[C@H]21. The van der Waals surface area contributed by atoms with Crippen molar-refractivity contribution in [3.63, 3.8) is 0 Å². The van der Waals surface area contributed by atoms with E-state index in [2.05, 4.69) is 10.1 Å². The number of pyridine rings is 1. The Morgan fingerprint density at radius 3 is 2.58 bits per heavy atom. The van der Waals surface area contributed by atoms with Crippen molar-refractivity contribution in [1.82, 2.24) is 14.8 Å². The van der Waals surface area contributed by atoms with Gasteiger partial charge in [0.1, 0.15) is 5.82 Å². The largest absolute Gasteiger partial charge is 0.419 e. The molecule has 3 N–H and O–H groups in total. The molecule has 0 spiro atoms. The summed E-state index contributed by atoms with van der Waals surface area (Å²) in [4.78, 5) is 3.70. The second-order valence-corrected chi connectivity index (χ2v) is 7.56. The van der Waals surface area contributed by atoms with Crippen LogP contribution in [0.15, 0.2) is 18.3 Å². The van der Waals surface area contributed by atoms with Gasteiger partial charge in [0, 0.05) is 29.4 Å². The van der Waals surface area contributed by atoms with Crippen LogP contribution < -0.4 is 5.73 Å². The third-order valence-electron chi connectivity index (χ3n) is 5.58. The van der Waals surface area contributed by atoms with Crippen molar-refractivity contribution in [1.29, 1.82) is 0 Å². The Labute approximate surface area is 149 Å². The minimum Gasteiger partial charge on any atom is -0.393 e.